The van der Waals surface area contributed by atoms with Crippen molar-refractivity contribution in [3.05, 3.63) is 0 Å². The number of likely N-dealkylation sites (N-methyl/N-ethyl adjacent to an activating group) is 2. The van der Waals surface area contributed by atoms with Crippen molar-refractivity contribution in [3.8, 4) is 0 Å². The predicted octanol–water partition coefficient (Wildman–Crippen LogP) is 0.0357. The summed E-state index contributed by atoms with van der Waals surface area (Å²) in [5, 5.41) is 0. The third-order valence-electron chi connectivity index (χ3n) is 5.28. The summed E-state index contributed by atoms with van der Waals surface area (Å²) >= 11 is 0. The maximum Gasteiger partial charge on any atom is 0.410 e. The Morgan fingerprint density at radius 2 is 1.16 bits per heavy atom. The first-order valence-corrected chi connectivity index (χ1v) is 11.3. The minimum atomic E-state index is -0.658. The Morgan fingerprint density at radius 1 is 0.742 bits per heavy atom. The van der Waals surface area contributed by atoms with E-state index in [0.717, 1.165) is 26.2 Å². The van der Waals surface area contributed by atoms with Crippen molar-refractivity contribution < 1.29 is 23.9 Å². The molecular formula is C21H41N5O5. The highest BCUT2D eigenvalue weighted by Gasteiger charge is 2.28. The van der Waals surface area contributed by atoms with Gasteiger partial charge in [0.2, 0.25) is 11.8 Å². The molecule has 0 saturated carbocycles. The number of carbonyl (C=O) groups excluding carboxylic acids is 3. The number of hydrogen-bond acceptors (Lipinski definition) is 7. The van der Waals surface area contributed by atoms with E-state index in [2.05, 4.69) is 9.80 Å². The van der Waals surface area contributed by atoms with Gasteiger partial charge in [-0.05, 0) is 21.0 Å². The molecule has 31 heavy (non-hydrogen) atoms. The Bertz CT molecular complexity index is 510. The third kappa shape index (κ3) is 9.84. The molecule has 0 aromatic rings. The van der Waals surface area contributed by atoms with E-state index in [4.69, 9.17) is 9.47 Å². The van der Waals surface area contributed by atoms with Crippen LogP contribution in [-0.2, 0) is 19.1 Å². The molecule has 180 valence electrons. The molecule has 0 radical (unpaired) electrons. The normalized spacial score (nSPS) is 17.6. The van der Waals surface area contributed by atoms with Crippen LogP contribution in [0, 0.1) is 0 Å². The van der Waals surface area contributed by atoms with Crippen LogP contribution in [0.5, 0.6) is 0 Å². The zero-order chi connectivity index (χ0) is 23.2. The van der Waals surface area contributed by atoms with Gasteiger partial charge in [-0.2, -0.15) is 0 Å². The van der Waals surface area contributed by atoms with Crippen molar-refractivity contribution in [2.75, 3.05) is 99.4 Å². The molecule has 2 aliphatic heterocycles. The second-order valence-electron chi connectivity index (χ2n) is 7.54. The molecule has 0 atom stereocenters. The van der Waals surface area contributed by atoms with Crippen LogP contribution < -0.4 is 0 Å². The molecule has 0 aromatic heterocycles. The fraction of sp³-hybridized carbons (Fsp3) is 0.857. The second kappa shape index (κ2) is 15.0. The van der Waals surface area contributed by atoms with Crippen molar-refractivity contribution >= 4 is 17.9 Å². The summed E-state index contributed by atoms with van der Waals surface area (Å²) in [5.41, 5.74) is 0. The van der Waals surface area contributed by atoms with Gasteiger partial charge >= 0.3 is 6.09 Å². The summed E-state index contributed by atoms with van der Waals surface area (Å²) in [6.45, 7) is 12.1. The first kappa shape index (κ1) is 27.1. The number of nitrogens with zero attached hydrogens (tertiary/aromatic N) is 5. The lowest BCUT2D eigenvalue weighted by atomic mass is 10.3. The number of ether oxygens (including phenoxy) is 2. The molecule has 0 aromatic carbocycles. The molecule has 0 aliphatic carbocycles. The number of hydrogen-bond donors (Lipinski definition) is 0. The van der Waals surface area contributed by atoms with Gasteiger partial charge in [-0.3, -0.25) is 14.5 Å². The van der Waals surface area contributed by atoms with Crippen LogP contribution in [-0.4, -0.2) is 142 Å². The third-order valence-corrected chi connectivity index (χ3v) is 5.28. The second-order valence-corrected chi connectivity index (χ2v) is 7.54. The molecule has 3 amide bonds. The van der Waals surface area contributed by atoms with Crippen molar-refractivity contribution in [1.82, 2.24) is 24.5 Å². The zero-order valence-corrected chi connectivity index (χ0v) is 20.0. The first-order valence-electron chi connectivity index (χ1n) is 11.3. The van der Waals surface area contributed by atoms with Gasteiger partial charge in [0.1, 0.15) is 19.7 Å². The van der Waals surface area contributed by atoms with Crippen LogP contribution in [0.2, 0.25) is 0 Å². The number of carbonyl (C=O) groups is 3. The van der Waals surface area contributed by atoms with Gasteiger partial charge in [0.05, 0.1) is 6.61 Å². The summed E-state index contributed by atoms with van der Waals surface area (Å²) in [6.07, 6.45) is -0.658. The van der Waals surface area contributed by atoms with Crippen LogP contribution in [0.3, 0.4) is 0 Å². The largest absolute Gasteiger partial charge is 0.447 e. The van der Waals surface area contributed by atoms with E-state index in [9.17, 15) is 14.4 Å². The van der Waals surface area contributed by atoms with E-state index in [1.54, 1.807) is 9.80 Å². The van der Waals surface area contributed by atoms with Gasteiger partial charge in [-0.1, -0.05) is 13.8 Å². The zero-order valence-electron chi connectivity index (χ0n) is 20.0. The highest BCUT2D eigenvalue weighted by Crippen LogP contribution is 2.06. The summed E-state index contributed by atoms with van der Waals surface area (Å²) in [5.74, 6) is -0.322. The summed E-state index contributed by atoms with van der Waals surface area (Å²) < 4.78 is 10.4. The van der Waals surface area contributed by atoms with Crippen LogP contribution in [0.25, 0.3) is 0 Å². The lowest BCUT2D eigenvalue weighted by Gasteiger charge is -2.35. The van der Waals surface area contributed by atoms with Gasteiger partial charge in [0.15, 0.2) is 0 Å². The molecular weight excluding hydrogens is 402 g/mol. The average molecular weight is 444 g/mol. The standard InChI is InChI=1S/C19H35N5O5.C2H6/c1-4-28-13-14-29-19(27)24(15-17(25)22-9-5-20(2)6-10-22)16-18(26)23-11-7-21(3)8-12-23;1-2/h4-16H2,1-3H3;1-2H3. The lowest BCUT2D eigenvalue weighted by molar-refractivity contribution is -0.136. The minimum Gasteiger partial charge on any atom is -0.447 e. The molecule has 10 heteroatoms. The van der Waals surface area contributed by atoms with Crippen molar-refractivity contribution in [2.45, 2.75) is 20.8 Å². The molecule has 2 rings (SSSR count). The van der Waals surface area contributed by atoms with Crippen molar-refractivity contribution in [1.29, 1.82) is 0 Å². The quantitative estimate of drug-likeness (QED) is 0.490. The van der Waals surface area contributed by atoms with Gasteiger partial charge in [-0.15, -0.1) is 0 Å². The monoisotopic (exact) mass is 443 g/mol. The predicted molar refractivity (Wildman–Crippen MR) is 119 cm³/mol. The van der Waals surface area contributed by atoms with Crippen molar-refractivity contribution in [3.63, 3.8) is 0 Å². The highest BCUT2D eigenvalue weighted by atomic mass is 16.6. The van der Waals surface area contributed by atoms with Gasteiger partial charge in [0.25, 0.3) is 0 Å². The van der Waals surface area contributed by atoms with E-state index < -0.39 is 6.09 Å². The van der Waals surface area contributed by atoms with E-state index in [1.165, 1.54) is 4.90 Å². The Hall–Kier alpha value is -1.91. The van der Waals surface area contributed by atoms with Crippen LogP contribution in [0.1, 0.15) is 20.8 Å². The minimum absolute atomic E-state index is 0.0918. The molecule has 2 heterocycles. The molecule has 2 fully saturated rings. The van der Waals surface area contributed by atoms with E-state index in [1.807, 2.05) is 34.9 Å². The smallest absolute Gasteiger partial charge is 0.410 e. The maximum absolute atomic E-state index is 12.7. The Labute approximate surface area is 187 Å². The maximum atomic E-state index is 12.7. The highest BCUT2D eigenvalue weighted by molar-refractivity contribution is 5.87. The van der Waals surface area contributed by atoms with E-state index in [-0.39, 0.29) is 38.1 Å². The summed E-state index contributed by atoms with van der Waals surface area (Å²) in [6, 6.07) is 0. The lowest BCUT2D eigenvalue weighted by Crippen LogP contribution is -2.54. The van der Waals surface area contributed by atoms with Gasteiger partial charge < -0.3 is 29.1 Å². The SMILES string of the molecule is CC.CCOCCOC(=O)N(CC(=O)N1CCN(C)CC1)CC(=O)N1CCN(C)CC1. The first-order chi connectivity index (χ1) is 14.9. The average Bonchev–Trinajstić information content (AvgIpc) is 2.78. The van der Waals surface area contributed by atoms with Crippen molar-refractivity contribution in [2.24, 2.45) is 0 Å². The Morgan fingerprint density at radius 3 is 1.55 bits per heavy atom. The van der Waals surface area contributed by atoms with E-state index >= 15 is 0 Å². The molecule has 2 saturated heterocycles. The molecule has 0 spiro atoms. The van der Waals surface area contributed by atoms with E-state index in [0.29, 0.717) is 32.8 Å². The van der Waals surface area contributed by atoms with Crippen LogP contribution in [0.15, 0.2) is 0 Å². The fourth-order valence-corrected chi connectivity index (χ4v) is 3.25. The number of rotatable bonds is 8. The number of piperazine rings is 2. The van der Waals surface area contributed by atoms with Crippen LogP contribution in [0.4, 0.5) is 4.79 Å². The fourth-order valence-electron chi connectivity index (χ4n) is 3.25. The Balaban J connectivity index is 0.00000233. The molecule has 10 nitrogen and oxygen atoms in total. The summed E-state index contributed by atoms with van der Waals surface area (Å²) in [7, 11) is 4.02. The van der Waals surface area contributed by atoms with Gasteiger partial charge in [-0.25, -0.2) is 4.79 Å². The Kier molecular flexibility index (Phi) is 13.1. The molecule has 0 bridgehead atoms. The molecule has 2 aliphatic rings. The topological polar surface area (TPSA) is 85.9 Å². The van der Waals surface area contributed by atoms with Crippen LogP contribution >= 0.6 is 0 Å². The van der Waals surface area contributed by atoms with Gasteiger partial charge in [0, 0.05) is 59.0 Å². The number of amides is 3. The molecule has 0 unspecified atom stereocenters. The summed E-state index contributed by atoms with van der Waals surface area (Å²) in [4.78, 5) is 46.9. The molecule has 0 N–H and O–H groups in total.